The lowest BCUT2D eigenvalue weighted by molar-refractivity contribution is 0.152. The molecule has 1 aromatic carbocycles. The number of aryl methyl sites for hydroxylation is 1. The average molecular weight is 252 g/mol. The zero-order valence-electron chi connectivity index (χ0n) is 11.1. The molecule has 100 valence electrons. The van der Waals surface area contributed by atoms with Crippen molar-refractivity contribution in [1.82, 2.24) is 0 Å². The summed E-state index contributed by atoms with van der Waals surface area (Å²) in [4.78, 5) is 2.25. The third-order valence-electron chi connectivity index (χ3n) is 3.36. The highest BCUT2D eigenvalue weighted by atomic mass is 19.1. The Balaban J connectivity index is 2.37. The van der Waals surface area contributed by atoms with E-state index in [0.29, 0.717) is 5.56 Å². The lowest BCUT2D eigenvalue weighted by Crippen LogP contribution is -2.28. The van der Waals surface area contributed by atoms with Gasteiger partial charge in [-0.1, -0.05) is 0 Å². The average Bonchev–Trinajstić information content (AvgIpc) is 2.60. The van der Waals surface area contributed by atoms with Crippen LogP contribution in [0.15, 0.2) is 12.1 Å². The molecule has 1 unspecified atom stereocenters. The minimum Gasteiger partial charge on any atom is -0.380 e. The molecule has 1 aliphatic heterocycles. The van der Waals surface area contributed by atoms with Crippen LogP contribution in [0.3, 0.4) is 0 Å². The molecule has 0 bridgehead atoms. The number of nitrogens with zero attached hydrogens (tertiary/aromatic N) is 1. The van der Waals surface area contributed by atoms with Crippen LogP contribution >= 0.6 is 0 Å². The molecule has 0 aromatic heterocycles. The molecule has 1 heterocycles. The minimum absolute atomic E-state index is 0.167. The van der Waals surface area contributed by atoms with Gasteiger partial charge in [0.15, 0.2) is 0 Å². The number of nitrogens with two attached hydrogens (primary N) is 1. The summed E-state index contributed by atoms with van der Waals surface area (Å²) >= 11 is 0. The zero-order chi connectivity index (χ0) is 13.1. The van der Waals surface area contributed by atoms with Gasteiger partial charge in [-0.25, -0.2) is 4.39 Å². The van der Waals surface area contributed by atoms with Gasteiger partial charge >= 0.3 is 0 Å². The van der Waals surface area contributed by atoms with Crippen LogP contribution in [0.2, 0.25) is 0 Å². The monoisotopic (exact) mass is 252 g/mol. The van der Waals surface area contributed by atoms with Crippen LogP contribution < -0.4 is 10.6 Å². The highest BCUT2D eigenvalue weighted by Gasteiger charge is 2.17. The normalized spacial score (nSPS) is 18.6. The van der Waals surface area contributed by atoms with Crippen LogP contribution in [-0.2, 0) is 4.74 Å². The third kappa shape index (κ3) is 2.82. The van der Waals surface area contributed by atoms with E-state index >= 15 is 0 Å². The fourth-order valence-electron chi connectivity index (χ4n) is 2.31. The third-order valence-corrected chi connectivity index (χ3v) is 3.36. The second kappa shape index (κ2) is 5.67. The molecule has 4 heteroatoms. The van der Waals surface area contributed by atoms with Gasteiger partial charge in [0.05, 0.1) is 6.61 Å². The van der Waals surface area contributed by atoms with Crippen molar-refractivity contribution in [3.8, 4) is 0 Å². The SMILES string of the molecule is Cc1cc(N2CCCOCC2)c(C(C)N)cc1F. The summed E-state index contributed by atoms with van der Waals surface area (Å²) in [6.45, 7) is 6.97. The Morgan fingerprint density at radius 3 is 2.83 bits per heavy atom. The maximum atomic E-state index is 13.7. The Morgan fingerprint density at radius 2 is 2.11 bits per heavy atom. The molecular weight excluding hydrogens is 231 g/mol. The first-order valence-electron chi connectivity index (χ1n) is 6.48. The predicted octanol–water partition coefficient (Wildman–Crippen LogP) is 2.38. The summed E-state index contributed by atoms with van der Waals surface area (Å²) in [6.07, 6.45) is 0.995. The van der Waals surface area contributed by atoms with E-state index in [2.05, 4.69) is 4.90 Å². The van der Waals surface area contributed by atoms with E-state index in [1.54, 1.807) is 13.0 Å². The molecule has 0 spiro atoms. The molecule has 1 aliphatic rings. The number of anilines is 1. The molecule has 0 radical (unpaired) electrons. The molecule has 0 saturated carbocycles. The summed E-state index contributed by atoms with van der Waals surface area (Å²) in [5.74, 6) is -0.183. The van der Waals surface area contributed by atoms with Gasteiger partial charge in [0.25, 0.3) is 0 Å². The van der Waals surface area contributed by atoms with Crippen LogP contribution in [0.4, 0.5) is 10.1 Å². The summed E-state index contributed by atoms with van der Waals surface area (Å²) in [5, 5.41) is 0. The Bertz CT molecular complexity index is 413. The van der Waals surface area contributed by atoms with Crippen molar-refractivity contribution in [3.63, 3.8) is 0 Å². The van der Waals surface area contributed by atoms with E-state index in [0.717, 1.165) is 44.0 Å². The van der Waals surface area contributed by atoms with Gasteiger partial charge in [-0.3, -0.25) is 0 Å². The zero-order valence-corrected chi connectivity index (χ0v) is 11.1. The number of hydrogen-bond donors (Lipinski definition) is 1. The second-order valence-electron chi connectivity index (χ2n) is 4.90. The van der Waals surface area contributed by atoms with Crippen LogP contribution in [0.1, 0.15) is 30.5 Å². The van der Waals surface area contributed by atoms with Crippen LogP contribution in [-0.4, -0.2) is 26.3 Å². The van der Waals surface area contributed by atoms with Crippen molar-refractivity contribution in [3.05, 3.63) is 29.1 Å². The Labute approximate surface area is 108 Å². The maximum Gasteiger partial charge on any atom is 0.126 e. The smallest absolute Gasteiger partial charge is 0.126 e. The molecule has 1 atom stereocenters. The fourth-order valence-corrected chi connectivity index (χ4v) is 2.31. The van der Waals surface area contributed by atoms with Gasteiger partial charge in [-0.05, 0) is 43.5 Å². The van der Waals surface area contributed by atoms with Crippen molar-refractivity contribution in [2.24, 2.45) is 5.73 Å². The number of ether oxygens (including phenoxy) is 1. The molecule has 2 rings (SSSR count). The van der Waals surface area contributed by atoms with Gasteiger partial charge in [0.1, 0.15) is 5.82 Å². The second-order valence-corrected chi connectivity index (χ2v) is 4.90. The van der Waals surface area contributed by atoms with Gasteiger partial charge in [-0.2, -0.15) is 0 Å². The molecule has 1 saturated heterocycles. The topological polar surface area (TPSA) is 38.5 Å². The van der Waals surface area contributed by atoms with Gasteiger partial charge in [0.2, 0.25) is 0 Å². The molecule has 2 N–H and O–H groups in total. The lowest BCUT2D eigenvalue weighted by Gasteiger charge is -2.27. The standard InChI is InChI=1S/C14H21FN2O/c1-10-8-14(12(11(2)16)9-13(10)15)17-4-3-6-18-7-5-17/h8-9,11H,3-7,16H2,1-2H3. The first-order valence-corrected chi connectivity index (χ1v) is 6.48. The highest BCUT2D eigenvalue weighted by molar-refractivity contribution is 5.57. The summed E-state index contributed by atoms with van der Waals surface area (Å²) in [7, 11) is 0. The Kier molecular flexibility index (Phi) is 4.19. The van der Waals surface area contributed by atoms with Gasteiger partial charge < -0.3 is 15.4 Å². The Hall–Kier alpha value is -1.13. The summed E-state index contributed by atoms with van der Waals surface area (Å²) in [6, 6.07) is 3.31. The minimum atomic E-state index is -0.183. The summed E-state index contributed by atoms with van der Waals surface area (Å²) in [5.41, 5.74) is 8.55. The number of hydrogen-bond acceptors (Lipinski definition) is 3. The first-order chi connectivity index (χ1) is 8.59. The quantitative estimate of drug-likeness (QED) is 0.878. The first kappa shape index (κ1) is 13.3. The highest BCUT2D eigenvalue weighted by Crippen LogP contribution is 2.29. The van der Waals surface area contributed by atoms with E-state index in [1.165, 1.54) is 0 Å². The Morgan fingerprint density at radius 1 is 1.33 bits per heavy atom. The molecule has 1 fully saturated rings. The van der Waals surface area contributed by atoms with Crippen molar-refractivity contribution in [2.75, 3.05) is 31.2 Å². The van der Waals surface area contributed by atoms with E-state index in [1.807, 2.05) is 13.0 Å². The van der Waals surface area contributed by atoms with Crippen molar-refractivity contribution < 1.29 is 9.13 Å². The summed E-state index contributed by atoms with van der Waals surface area (Å²) < 4.78 is 19.1. The van der Waals surface area contributed by atoms with E-state index < -0.39 is 0 Å². The van der Waals surface area contributed by atoms with Gasteiger partial charge in [0, 0.05) is 31.4 Å². The van der Waals surface area contributed by atoms with Crippen LogP contribution in [0, 0.1) is 12.7 Å². The molecule has 18 heavy (non-hydrogen) atoms. The van der Waals surface area contributed by atoms with E-state index in [4.69, 9.17) is 10.5 Å². The molecular formula is C14H21FN2O. The van der Waals surface area contributed by atoms with Gasteiger partial charge in [-0.15, -0.1) is 0 Å². The number of rotatable bonds is 2. The number of benzene rings is 1. The van der Waals surface area contributed by atoms with E-state index in [-0.39, 0.29) is 11.9 Å². The van der Waals surface area contributed by atoms with E-state index in [9.17, 15) is 4.39 Å². The fraction of sp³-hybridized carbons (Fsp3) is 0.571. The molecule has 3 nitrogen and oxygen atoms in total. The van der Waals surface area contributed by atoms with Crippen LogP contribution in [0.5, 0.6) is 0 Å². The largest absolute Gasteiger partial charge is 0.380 e. The van der Waals surface area contributed by atoms with Crippen molar-refractivity contribution in [1.29, 1.82) is 0 Å². The molecule has 1 aromatic rings. The van der Waals surface area contributed by atoms with Crippen LogP contribution in [0.25, 0.3) is 0 Å². The lowest BCUT2D eigenvalue weighted by atomic mass is 10.0. The number of halogens is 1. The predicted molar refractivity (Wildman–Crippen MR) is 71.4 cm³/mol. The molecule has 0 aliphatic carbocycles. The van der Waals surface area contributed by atoms with Crippen molar-refractivity contribution in [2.45, 2.75) is 26.3 Å². The molecule has 0 amide bonds. The van der Waals surface area contributed by atoms with Crippen molar-refractivity contribution >= 4 is 5.69 Å². The maximum absolute atomic E-state index is 13.7.